The Morgan fingerprint density at radius 1 is 1.03 bits per heavy atom. The van der Waals surface area contributed by atoms with Crippen molar-refractivity contribution in [3.8, 4) is 5.75 Å². The molecule has 0 amide bonds. The molecule has 0 radical (unpaired) electrons. The minimum Gasteiger partial charge on any atom is -0.505 e. The summed E-state index contributed by atoms with van der Waals surface area (Å²) in [6.45, 7) is 6.43. The van der Waals surface area contributed by atoms with Gasteiger partial charge in [0.05, 0.1) is 11.4 Å². The van der Waals surface area contributed by atoms with Gasteiger partial charge in [-0.05, 0) is 48.2 Å². The van der Waals surface area contributed by atoms with Crippen LogP contribution in [0.15, 0.2) is 30.3 Å². The minimum absolute atomic E-state index is 0.0167. The number of hydrogen-bond acceptors (Lipinski definition) is 3. The largest absolute Gasteiger partial charge is 0.505 e. The number of aromatic hydroxyl groups is 1. The average Bonchev–Trinajstić information content (AvgIpc) is 2.91. The molecule has 30 heavy (non-hydrogen) atoms. The molecule has 2 aromatic carbocycles. The van der Waals surface area contributed by atoms with Crippen molar-refractivity contribution >= 4 is 22.8 Å². The van der Waals surface area contributed by atoms with Crippen LogP contribution in [0.1, 0.15) is 48.3 Å². The van der Waals surface area contributed by atoms with Crippen LogP contribution in [0, 0.1) is 29.8 Å². The predicted octanol–water partition coefficient (Wildman–Crippen LogP) is 4.98. The Morgan fingerprint density at radius 3 is 2.20 bits per heavy atom. The van der Waals surface area contributed by atoms with Gasteiger partial charge in [-0.3, -0.25) is 14.2 Å². The molecule has 8 heteroatoms. The second-order valence-corrected chi connectivity index (χ2v) is 8.20. The maximum absolute atomic E-state index is 15.0. The van der Waals surface area contributed by atoms with Crippen LogP contribution >= 0.6 is 0 Å². The third kappa shape index (κ3) is 3.32. The topological polar surface area (TPSA) is 79.5 Å². The third-order valence-electron chi connectivity index (χ3n) is 5.11. The number of benzene rings is 2. The van der Waals surface area contributed by atoms with Crippen molar-refractivity contribution < 1.29 is 33.0 Å². The Kier molecular flexibility index (Phi) is 5.14. The van der Waals surface area contributed by atoms with Gasteiger partial charge in [0.1, 0.15) is 0 Å². The van der Waals surface area contributed by atoms with Crippen LogP contribution < -0.4 is 0 Å². The van der Waals surface area contributed by atoms with E-state index in [-0.39, 0.29) is 27.7 Å². The Balaban J connectivity index is 2.41. The van der Waals surface area contributed by atoms with Gasteiger partial charge in [0.2, 0.25) is 0 Å². The van der Waals surface area contributed by atoms with Crippen molar-refractivity contribution in [1.82, 2.24) is 4.57 Å². The molecule has 3 rings (SSSR count). The first-order valence-corrected chi connectivity index (χ1v) is 9.11. The van der Waals surface area contributed by atoms with Crippen LogP contribution in [0.2, 0.25) is 0 Å². The number of carboxylic acid groups (broad SMARTS) is 1. The van der Waals surface area contributed by atoms with E-state index in [0.717, 1.165) is 28.8 Å². The van der Waals surface area contributed by atoms with Gasteiger partial charge >= 0.3 is 5.97 Å². The molecular weight excluding hydrogens is 399 g/mol. The van der Waals surface area contributed by atoms with Gasteiger partial charge in [-0.25, -0.2) is 13.2 Å². The summed E-state index contributed by atoms with van der Waals surface area (Å²) in [6.07, 6.45) is 0. The summed E-state index contributed by atoms with van der Waals surface area (Å²) in [6, 6.07) is 4.93. The van der Waals surface area contributed by atoms with Gasteiger partial charge in [-0.2, -0.15) is 0 Å². The Hall–Kier alpha value is -3.29. The van der Waals surface area contributed by atoms with Gasteiger partial charge in [0, 0.05) is 16.6 Å². The van der Waals surface area contributed by atoms with Gasteiger partial charge in [-0.15, -0.1) is 0 Å². The third-order valence-corrected chi connectivity index (χ3v) is 5.11. The van der Waals surface area contributed by atoms with E-state index in [1.54, 1.807) is 20.8 Å². The standard InChI is InChI=1S/C22H20F3NO4/c1-10-16(18(21(29)30)22(2,3)4)17-14(7-8-15(27)19(17)25)26(10)20(28)11-5-6-12(23)13(24)9-11/h5-9,18,27H,1-4H3,(H,29,30). The fourth-order valence-electron chi connectivity index (χ4n) is 3.78. The maximum atomic E-state index is 15.0. The first kappa shape index (κ1) is 21.4. The van der Waals surface area contributed by atoms with E-state index in [9.17, 15) is 33.0 Å². The lowest BCUT2D eigenvalue weighted by Gasteiger charge is -2.28. The van der Waals surface area contributed by atoms with E-state index in [1.165, 1.54) is 13.0 Å². The minimum atomic E-state index is -1.23. The number of phenols is 1. The number of aromatic nitrogens is 1. The first-order chi connectivity index (χ1) is 13.9. The van der Waals surface area contributed by atoms with E-state index in [0.29, 0.717) is 0 Å². The predicted molar refractivity (Wildman–Crippen MR) is 104 cm³/mol. The van der Waals surface area contributed by atoms with Crippen molar-refractivity contribution in [2.75, 3.05) is 0 Å². The van der Waals surface area contributed by atoms with Crippen molar-refractivity contribution in [2.45, 2.75) is 33.6 Å². The van der Waals surface area contributed by atoms with Crippen molar-refractivity contribution in [3.05, 3.63) is 64.6 Å². The van der Waals surface area contributed by atoms with Crippen molar-refractivity contribution in [3.63, 3.8) is 0 Å². The van der Waals surface area contributed by atoms with Crippen LogP contribution in [-0.4, -0.2) is 26.7 Å². The molecule has 1 heterocycles. The number of rotatable bonds is 3. The fourth-order valence-corrected chi connectivity index (χ4v) is 3.78. The number of carbonyl (C=O) groups is 2. The molecule has 3 aromatic rings. The molecule has 1 atom stereocenters. The van der Waals surface area contributed by atoms with Gasteiger partial charge in [0.15, 0.2) is 23.2 Å². The lowest BCUT2D eigenvalue weighted by molar-refractivity contribution is -0.141. The van der Waals surface area contributed by atoms with Gasteiger partial charge in [0.25, 0.3) is 5.91 Å². The lowest BCUT2D eigenvalue weighted by Crippen LogP contribution is -2.27. The Labute approximate surface area is 170 Å². The molecule has 1 aromatic heterocycles. The molecule has 0 fully saturated rings. The molecule has 0 aliphatic carbocycles. The van der Waals surface area contributed by atoms with Crippen molar-refractivity contribution in [1.29, 1.82) is 0 Å². The molecule has 0 aliphatic rings. The van der Waals surface area contributed by atoms with Crippen molar-refractivity contribution in [2.24, 2.45) is 5.41 Å². The van der Waals surface area contributed by atoms with E-state index >= 15 is 0 Å². The number of hydrogen-bond donors (Lipinski definition) is 2. The molecule has 158 valence electrons. The first-order valence-electron chi connectivity index (χ1n) is 9.11. The summed E-state index contributed by atoms with van der Waals surface area (Å²) in [7, 11) is 0. The zero-order valence-corrected chi connectivity index (χ0v) is 16.8. The normalized spacial score (nSPS) is 12.9. The average molecular weight is 419 g/mol. The summed E-state index contributed by atoms with van der Waals surface area (Å²) in [5, 5.41) is 19.5. The number of aliphatic carboxylic acids is 1. The highest BCUT2D eigenvalue weighted by atomic mass is 19.2. The molecule has 5 nitrogen and oxygen atoms in total. The summed E-state index contributed by atoms with van der Waals surface area (Å²) in [5.41, 5.74) is -0.876. The summed E-state index contributed by atoms with van der Waals surface area (Å²) in [5.74, 6) is -7.33. The summed E-state index contributed by atoms with van der Waals surface area (Å²) < 4.78 is 43.0. The smallest absolute Gasteiger partial charge is 0.311 e. The number of carbonyl (C=O) groups excluding carboxylic acids is 1. The van der Waals surface area contributed by atoms with Gasteiger partial charge < -0.3 is 10.2 Å². The number of nitrogens with zero attached hydrogens (tertiary/aromatic N) is 1. The number of halogens is 3. The molecule has 0 aliphatic heterocycles. The number of carboxylic acids is 1. The molecule has 2 N–H and O–H groups in total. The zero-order chi connectivity index (χ0) is 22.5. The highest BCUT2D eigenvalue weighted by Gasteiger charge is 2.38. The quantitative estimate of drug-likeness (QED) is 0.628. The van der Waals surface area contributed by atoms with Crippen LogP contribution in [0.5, 0.6) is 5.75 Å². The van der Waals surface area contributed by atoms with Crippen LogP contribution in [0.4, 0.5) is 13.2 Å². The van der Waals surface area contributed by atoms with E-state index in [4.69, 9.17) is 0 Å². The number of fused-ring (bicyclic) bond motifs is 1. The maximum Gasteiger partial charge on any atom is 0.311 e. The van der Waals surface area contributed by atoms with E-state index in [1.807, 2.05) is 0 Å². The van der Waals surface area contributed by atoms with Crippen LogP contribution in [0.3, 0.4) is 0 Å². The molecule has 0 bridgehead atoms. The molecular formula is C22H20F3NO4. The fraction of sp³-hybridized carbons (Fsp3) is 0.273. The Bertz CT molecular complexity index is 1190. The highest BCUT2D eigenvalue weighted by Crippen LogP contribution is 2.44. The SMILES string of the molecule is Cc1c(C(C(=O)O)C(C)(C)C)c2c(F)c(O)ccc2n1C(=O)c1ccc(F)c(F)c1. The van der Waals surface area contributed by atoms with Crippen LogP contribution in [0.25, 0.3) is 10.9 Å². The molecule has 1 unspecified atom stereocenters. The molecule has 0 saturated heterocycles. The second kappa shape index (κ2) is 7.19. The van der Waals surface area contributed by atoms with Gasteiger partial charge in [-0.1, -0.05) is 20.8 Å². The highest BCUT2D eigenvalue weighted by molar-refractivity contribution is 6.05. The summed E-state index contributed by atoms with van der Waals surface area (Å²) in [4.78, 5) is 25.2. The Morgan fingerprint density at radius 2 is 1.67 bits per heavy atom. The second-order valence-electron chi connectivity index (χ2n) is 8.20. The monoisotopic (exact) mass is 419 g/mol. The zero-order valence-electron chi connectivity index (χ0n) is 16.8. The molecule has 0 saturated carbocycles. The lowest BCUT2D eigenvalue weighted by atomic mass is 9.75. The number of phenolic OH excluding ortho intramolecular Hbond substituents is 1. The van der Waals surface area contributed by atoms with E-state index in [2.05, 4.69) is 0 Å². The van der Waals surface area contributed by atoms with E-state index < -0.39 is 46.4 Å². The van der Waals surface area contributed by atoms with Crippen LogP contribution in [-0.2, 0) is 4.79 Å². The molecule has 0 spiro atoms. The summed E-state index contributed by atoms with van der Waals surface area (Å²) >= 11 is 0.